The summed E-state index contributed by atoms with van der Waals surface area (Å²) in [5.74, 6) is 0.485. The summed E-state index contributed by atoms with van der Waals surface area (Å²) >= 11 is 0. The second-order valence-electron chi connectivity index (χ2n) is 5.64. The zero-order chi connectivity index (χ0) is 15.6. The summed E-state index contributed by atoms with van der Waals surface area (Å²) in [6.07, 6.45) is -0.461. The lowest BCUT2D eigenvalue weighted by atomic mass is 10.2. The van der Waals surface area contributed by atoms with Crippen LogP contribution < -0.4 is 0 Å². The molecular formula is C14H17N3O4. The lowest BCUT2D eigenvalue weighted by Crippen LogP contribution is -2.39. The molecule has 0 bridgehead atoms. The average molecular weight is 291 g/mol. The minimum atomic E-state index is -0.583. The molecule has 0 aromatic heterocycles. The van der Waals surface area contributed by atoms with E-state index in [9.17, 15) is 14.9 Å². The molecule has 0 unspecified atom stereocenters. The maximum absolute atomic E-state index is 12.1. The van der Waals surface area contributed by atoms with Crippen LogP contribution in [0.5, 0.6) is 0 Å². The first kappa shape index (κ1) is 15.0. The van der Waals surface area contributed by atoms with Crippen molar-refractivity contribution < 1.29 is 14.5 Å². The highest BCUT2D eigenvalue weighted by molar-refractivity contribution is 6.07. The van der Waals surface area contributed by atoms with E-state index in [1.807, 2.05) is 0 Å². The fourth-order valence-corrected chi connectivity index (χ4v) is 1.92. The molecule has 0 spiro atoms. The maximum Gasteiger partial charge on any atom is 0.416 e. The molecule has 0 saturated heterocycles. The summed E-state index contributed by atoms with van der Waals surface area (Å²) in [7, 11) is 0. The Hall–Kier alpha value is -2.44. The summed E-state index contributed by atoms with van der Waals surface area (Å²) in [5.41, 5.74) is 0.0744. The Bertz CT molecular complexity index is 587. The Morgan fingerprint density at radius 2 is 1.95 bits per heavy atom. The van der Waals surface area contributed by atoms with Crippen LogP contribution in [-0.2, 0) is 4.74 Å². The number of non-ortho nitro benzene ring substituents is 1. The average Bonchev–Trinajstić information content (AvgIpc) is 2.86. The number of ether oxygens (including phenoxy) is 1. The minimum absolute atomic E-state index is 0.00108. The first-order valence-corrected chi connectivity index (χ1v) is 6.58. The van der Waals surface area contributed by atoms with Gasteiger partial charge in [0.2, 0.25) is 0 Å². The molecule has 1 aliphatic heterocycles. The van der Waals surface area contributed by atoms with Crippen molar-refractivity contribution in [3.05, 3.63) is 39.9 Å². The molecular weight excluding hydrogens is 274 g/mol. The quantitative estimate of drug-likeness (QED) is 0.619. The van der Waals surface area contributed by atoms with Crippen LogP contribution in [0.15, 0.2) is 29.3 Å². The summed E-state index contributed by atoms with van der Waals surface area (Å²) in [4.78, 5) is 28.1. The minimum Gasteiger partial charge on any atom is -0.443 e. The number of hydrogen-bond donors (Lipinski definition) is 0. The number of hydrogen-bond acceptors (Lipinski definition) is 5. The van der Waals surface area contributed by atoms with E-state index < -0.39 is 16.6 Å². The van der Waals surface area contributed by atoms with Crippen LogP contribution in [0, 0.1) is 10.1 Å². The molecule has 7 heteroatoms. The van der Waals surface area contributed by atoms with Crippen molar-refractivity contribution in [1.29, 1.82) is 0 Å². The van der Waals surface area contributed by atoms with Gasteiger partial charge in [0.05, 0.1) is 18.0 Å². The summed E-state index contributed by atoms with van der Waals surface area (Å²) in [5, 5.41) is 10.7. The van der Waals surface area contributed by atoms with E-state index >= 15 is 0 Å². The first-order valence-electron chi connectivity index (χ1n) is 6.58. The van der Waals surface area contributed by atoms with Gasteiger partial charge in [-0.15, -0.1) is 0 Å². The van der Waals surface area contributed by atoms with Crippen molar-refractivity contribution >= 4 is 17.6 Å². The summed E-state index contributed by atoms with van der Waals surface area (Å²) in [6, 6.07) is 5.95. The Balaban J connectivity index is 2.18. The van der Waals surface area contributed by atoms with Crippen LogP contribution in [0.2, 0.25) is 0 Å². The van der Waals surface area contributed by atoms with Crippen LogP contribution in [0.1, 0.15) is 26.3 Å². The van der Waals surface area contributed by atoms with Crippen molar-refractivity contribution in [2.75, 3.05) is 13.1 Å². The highest BCUT2D eigenvalue weighted by Gasteiger charge is 2.29. The van der Waals surface area contributed by atoms with E-state index in [2.05, 4.69) is 4.99 Å². The standard InChI is InChI=1S/C14H17N3O4/c1-14(2,3)21-13(18)16-9-8-15-12(16)10-4-6-11(7-5-10)17(19)20/h4-7H,8-9H2,1-3H3. The summed E-state index contributed by atoms with van der Waals surface area (Å²) in [6.45, 7) is 6.32. The lowest BCUT2D eigenvalue weighted by molar-refractivity contribution is -0.384. The van der Waals surface area contributed by atoms with Gasteiger partial charge in [0.25, 0.3) is 5.69 Å². The van der Waals surface area contributed by atoms with E-state index in [0.29, 0.717) is 24.5 Å². The lowest BCUT2D eigenvalue weighted by Gasteiger charge is -2.25. The number of amides is 1. The molecule has 1 aromatic carbocycles. The van der Waals surface area contributed by atoms with E-state index in [0.717, 1.165) is 0 Å². The number of carbonyl (C=O) groups is 1. The Morgan fingerprint density at radius 3 is 2.48 bits per heavy atom. The predicted octanol–water partition coefficient (Wildman–Crippen LogP) is 2.59. The van der Waals surface area contributed by atoms with Gasteiger partial charge in [-0.1, -0.05) is 0 Å². The first-order chi connectivity index (χ1) is 9.78. The zero-order valence-electron chi connectivity index (χ0n) is 12.2. The van der Waals surface area contributed by atoms with Crippen molar-refractivity contribution in [2.24, 2.45) is 4.99 Å². The van der Waals surface area contributed by atoms with Gasteiger partial charge in [0.15, 0.2) is 0 Å². The monoisotopic (exact) mass is 291 g/mol. The molecule has 21 heavy (non-hydrogen) atoms. The Labute approximate surface area is 122 Å². The second-order valence-corrected chi connectivity index (χ2v) is 5.64. The number of rotatable bonds is 2. The van der Waals surface area contributed by atoms with Crippen LogP contribution >= 0.6 is 0 Å². The topological polar surface area (TPSA) is 85.0 Å². The van der Waals surface area contributed by atoms with Gasteiger partial charge in [0, 0.05) is 17.7 Å². The van der Waals surface area contributed by atoms with E-state index in [-0.39, 0.29) is 5.69 Å². The maximum atomic E-state index is 12.1. The van der Waals surface area contributed by atoms with Gasteiger partial charge in [-0.3, -0.25) is 20.0 Å². The van der Waals surface area contributed by atoms with Crippen LogP contribution in [0.4, 0.5) is 10.5 Å². The fraction of sp³-hybridized carbons (Fsp3) is 0.429. The molecule has 0 saturated carbocycles. The molecule has 0 aliphatic carbocycles. The third kappa shape index (κ3) is 3.56. The fourth-order valence-electron chi connectivity index (χ4n) is 1.92. The Kier molecular flexibility index (Phi) is 3.93. The molecule has 112 valence electrons. The Morgan fingerprint density at radius 1 is 1.33 bits per heavy atom. The van der Waals surface area contributed by atoms with Gasteiger partial charge < -0.3 is 4.74 Å². The largest absolute Gasteiger partial charge is 0.443 e. The van der Waals surface area contributed by atoms with Gasteiger partial charge in [0.1, 0.15) is 11.4 Å². The molecule has 2 rings (SSSR count). The number of benzene rings is 1. The van der Waals surface area contributed by atoms with Crippen molar-refractivity contribution in [3.63, 3.8) is 0 Å². The SMILES string of the molecule is CC(C)(C)OC(=O)N1CCN=C1c1ccc([N+](=O)[O-])cc1. The molecule has 1 amide bonds. The number of carbonyl (C=O) groups excluding carboxylic acids is 1. The molecule has 7 nitrogen and oxygen atoms in total. The third-order valence-corrected chi connectivity index (χ3v) is 2.79. The second kappa shape index (κ2) is 5.51. The van der Waals surface area contributed by atoms with E-state index in [1.165, 1.54) is 17.0 Å². The van der Waals surface area contributed by atoms with Crippen molar-refractivity contribution in [2.45, 2.75) is 26.4 Å². The smallest absolute Gasteiger partial charge is 0.416 e. The van der Waals surface area contributed by atoms with E-state index in [1.54, 1.807) is 32.9 Å². The normalized spacial score (nSPS) is 14.8. The molecule has 1 aromatic rings. The number of amidine groups is 1. The highest BCUT2D eigenvalue weighted by Crippen LogP contribution is 2.18. The third-order valence-electron chi connectivity index (χ3n) is 2.79. The molecule has 0 N–H and O–H groups in total. The highest BCUT2D eigenvalue weighted by atomic mass is 16.6. The van der Waals surface area contributed by atoms with E-state index in [4.69, 9.17) is 4.74 Å². The van der Waals surface area contributed by atoms with Crippen LogP contribution in [0.3, 0.4) is 0 Å². The van der Waals surface area contributed by atoms with Crippen molar-refractivity contribution in [1.82, 2.24) is 4.90 Å². The van der Waals surface area contributed by atoms with Gasteiger partial charge in [-0.25, -0.2) is 4.79 Å². The molecule has 0 radical (unpaired) electrons. The molecule has 1 heterocycles. The number of nitro groups is 1. The molecule has 1 aliphatic rings. The van der Waals surface area contributed by atoms with Crippen LogP contribution in [-0.4, -0.2) is 40.4 Å². The predicted molar refractivity (Wildman–Crippen MR) is 77.4 cm³/mol. The van der Waals surface area contributed by atoms with Gasteiger partial charge in [-0.2, -0.15) is 0 Å². The number of aliphatic imine (C=N–C) groups is 1. The summed E-state index contributed by atoms with van der Waals surface area (Å²) < 4.78 is 5.33. The number of nitro benzene ring substituents is 1. The zero-order valence-corrected chi connectivity index (χ0v) is 12.2. The van der Waals surface area contributed by atoms with Gasteiger partial charge in [-0.05, 0) is 32.9 Å². The molecule has 0 atom stereocenters. The van der Waals surface area contributed by atoms with Crippen LogP contribution in [0.25, 0.3) is 0 Å². The molecule has 0 fully saturated rings. The number of nitrogens with zero attached hydrogens (tertiary/aromatic N) is 3. The van der Waals surface area contributed by atoms with Gasteiger partial charge >= 0.3 is 6.09 Å². The van der Waals surface area contributed by atoms with Crippen molar-refractivity contribution in [3.8, 4) is 0 Å².